The van der Waals surface area contributed by atoms with Crippen molar-refractivity contribution in [3.63, 3.8) is 0 Å². The largest absolute Gasteiger partial charge is 0.343 e. The molecule has 130 valence electrons. The lowest BCUT2D eigenvalue weighted by molar-refractivity contribution is -0.131. The van der Waals surface area contributed by atoms with Gasteiger partial charge in [-0.1, -0.05) is 30.3 Å². The Kier molecular flexibility index (Phi) is 5.72. The van der Waals surface area contributed by atoms with Crippen LogP contribution in [-0.4, -0.2) is 47.9 Å². The lowest BCUT2D eigenvalue weighted by Gasteiger charge is -2.32. The fourth-order valence-corrected chi connectivity index (χ4v) is 3.57. The van der Waals surface area contributed by atoms with Crippen LogP contribution in [-0.2, 0) is 11.3 Å². The molecule has 2 aliphatic rings. The molecule has 0 spiro atoms. The van der Waals surface area contributed by atoms with Gasteiger partial charge in [-0.25, -0.2) is 4.79 Å². The molecule has 1 N–H and O–H groups in total. The average molecular weight is 329 g/mol. The summed E-state index contributed by atoms with van der Waals surface area (Å²) in [5.41, 5.74) is 1.11. The minimum Gasteiger partial charge on any atom is -0.343 e. The summed E-state index contributed by atoms with van der Waals surface area (Å²) in [5.74, 6) is 0.732. The first kappa shape index (κ1) is 16.8. The Morgan fingerprint density at radius 2 is 1.62 bits per heavy atom. The van der Waals surface area contributed by atoms with Crippen LogP contribution in [0.15, 0.2) is 30.3 Å². The summed E-state index contributed by atoms with van der Waals surface area (Å²) in [6.45, 7) is 3.92. The van der Waals surface area contributed by atoms with Gasteiger partial charge in [-0.2, -0.15) is 0 Å². The van der Waals surface area contributed by atoms with Crippen molar-refractivity contribution in [3.8, 4) is 0 Å². The number of urea groups is 1. The van der Waals surface area contributed by atoms with Gasteiger partial charge in [-0.05, 0) is 37.2 Å². The highest BCUT2D eigenvalue weighted by molar-refractivity contribution is 5.77. The van der Waals surface area contributed by atoms with Gasteiger partial charge in [0, 0.05) is 39.1 Å². The molecule has 1 aromatic carbocycles. The van der Waals surface area contributed by atoms with Crippen molar-refractivity contribution in [2.24, 2.45) is 5.92 Å². The maximum atomic E-state index is 12.2. The average Bonchev–Trinajstić information content (AvgIpc) is 3.16. The molecule has 0 aromatic heterocycles. The Hall–Kier alpha value is -2.04. The van der Waals surface area contributed by atoms with Crippen LogP contribution in [0.1, 0.15) is 37.7 Å². The minimum absolute atomic E-state index is 0.00294. The van der Waals surface area contributed by atoms with Crippen LogP contribution in [0.3, 0.4) is 0 Å². The quantitative estimate of drug-likeness (QED) is 0.923. The molecule has 3 rings (SSSR count). The van der Waals surface area contributed by atoms with E-state index in [1.54, 1.807) is 0 Å². The molecule has 0 saturated carbocycles. The lowest BCUT2D eigenvalue weighted by atomic mass is 9.93. The number of hydrogen-bond donors (Lipinski definition) is 1. The van der Waals surface area contributed by atoms with E-state index in [1.807, 2.05) is 40.1 Å². The first-order chi connectivity index (χ1) is 11.7. The Morgan fingerprint density at radius 3 is 2.29 bits per heavy atom. The van der Waals surface area contributed by atoms with Gasteiger partial charge in [0.15, 0.2) is 0 Å². The predicted molar refractivity (Wildman–Crippen MR) is 93.4 cm³/mol. The summed E-state index contributed by atoms with van der Waals surface area (Å²) in [7, 11) is 0. The van der Waals surface area contributed by atoms with Crippen molar-refractivity contribution in [3.05, 3.63) is 35.9 Å². The lowest BCUT2D eigenvalue weighted by Crippen LogP contribution is -2.44. The first-order valence-corrected chi connectivity index (χ1v) is 9.07. The summed E-state index contributed by atoms with van der Waals surface area (Å²) in [4.78, 5) is 28.3. The van der Waals surface area contributed by atoms with Crippen molar-refractivity contribution in [1.82, 2.24) is 15.1 Å². The summed E-state index contributed by atoms with van der Waals surface area (Å²) in [6, 6.07) is 9.95. The van der Waals surface area contributed by atoms with Gasteiger partial charge < -0.3 is 15.1 Å². The fraction of sp³-hybridized carbons (Fsp3) is 0.579. The van der Waals surface area contributed by atoms with Crippen LogP contribution >= 0.6 is 0 Å². The zero-order chi connectivity index (χ0) is 16.8. The number of hydrogen-bond acceptors (Lipinski definition) is 2. The standard InChI is InChI=1S/C19H27N3O2/c23-18(21-10-4-5-11-21)14-16-8-12-22(13-9-16)19(24)20-15-17-6-2-1-3-7-17/h1-3,6-7,16H,4-5,8-15H2,(H,20,24). The molecule has 2 fully saturated rings. The van der Waals surface area contributed by atoms with Crippen molar-refractivity contribution in [2.75, 3.05) is 26.2 Å². The fourth-order valence-electron chi connectivity index (χ4n) is 3.57. The molecule has 0 bridgehead atoms. The Balaban J connectivity index is 1.38. The van der Waals surface area contributed by atoms with Crippen LogP contribution in [0, 0.1) is 5.92 Å². The summed E-state index contributed by atoms with van der Waals surface area (Å²) in [6.07, 6.45) is 4.80. The zero-order valence-electron chi connectivity index (χ0n) is 14.2. The molecule has 0 unspecified atom stereocenters. The first-order valence-electron chi connectivity index (χ1n) is 9.07. The second-order valence-electron chi connectivity index (χ2n) is 6.87. The Labute approximate surface area is 144 Å². The van der Waals surface area contributed by atoms with E-state index in [2.05, 4.69) is 5.32 Å². The molecule has 5 heteroatoms. The van der Waals surface area contributed by atoms with Crippen molar-refractivity contribution in [2.45, 2.75) is 38.6 Å². The van der Waals surface area contributed by atoms with E-state index in [4.69, 9.17) is 0 Å². The number of carbonyl (C=O) groups excluding carboxylic acids is 2. The van der Waals surface area contributed by atoms with Crippen molar-refractivity contribution in [1.29, 1.82) is 0 Å². The smallest absolute Gasteiger partial charge is 0.317 e. The molecular weight excluding hydrogens is 302 g/mol. The normalized spacial score (nSPS) is 18.7. The van der Waals surface area contributed by atoms with Crippen molar-refractivity contribution < 1.29 is 9.59 Å². The monoisotopic (exact) mass is 329 g/mol. The molecule has 2 saturated heterocycles. The maximum absolute atomic E-state index is 12.2. The van der Waals surface area contributed by atoms with Gasteiger partial charge in [0.05, 0.1) is 0 Å². The van der Waals surface area contributed by atoms with E-state index in [1.165, 1.54) is 0 Å². The highest BCUT2D eigenvalue weighted by Gasteiger charge is 2.26. The van der Waals surface area contributed by atoms with Gasteiger partial charge in [-0.15, -0.1) is 0 Å². The number of rotatable bonds is 4. The minimum atomic E-state index is 0.00294. The molecule has 0 aliphatic carbocycles. The predicted octanol–water partition coefficient (Wildman–Crippen LogP) is 2.62. The van der Waals surface area contributed by atoms with Crippen LogP contribution in [0.2, 0.25) is 0 Å². The van der Waals surface area contributed by atoms with Crippen molar-refractivity contribution >= 4 is 11.9 Å². The second kappa shape index (κ2) is 8.18. The molecule has 0 radical (unpaired) electrons. The Bertz CT molecular complexity index is 547. The van der Waals surface area contributed by atoms with E-state index in [-0.39, 0.29) is 6.03 Å². The van der Waals surface area contributed by atoms with E-state index in [0.717, 1.165) is 57.4 Å². The third-order valence-corrected chi connectivity index (χ3v) is 5.11. The molecule has 3 amide bonds. The third-order valence-electron chi connectivity index (χ3n) is 5.11. The van der Waals surface area contributed by atoms with Gasteiger partial charge >= 0.3 is 6.03 Å². The topological polar surface area (TPSA) is 52.7 Å². The SMILES string of the molecule is O=C(CC1CCN(C(=O)NCc2ccccc2)CC1)N1CCCC1. The number of likely N-dealkylation sites (tertiary alicyclic amines) is 2. The molecular formula is C19H27N3O2. The number of carbonyl (C=O) groups is 2. The Morgan fingerprint density at radius 1 is 0.958 bits per heavy atom. The number of nitrogens with zero attached hydrogens (tertiary/aromatic N) is 2. The van der Waals surface area contributed by atoms with Gasteiger partial charge in [0.25, 0.3) is 0 Å². The summed E-state index contributed by atoms with van der Waals surface area (Å²) in [5, 5.41) is 2.98. The molecule has 24 heavy (non-hydrogen) atoms. The van der Waals surface area contributed by atoms with E-state index >= 15 is 0 Å². The number of nitrogens with one attached hydrogen (secondary N) is 1. The molecule has 1 aromatic rings. The van der Waals surface area contributed by atoms with Crippen LogP contribution in [0.5, 0.6) is 0 Å². The van der Waals surface area contributed by atoms with Crippen LogP contribution < -0.4 is 5.32 Å². The molecule has 2 aliphatic heterocycles. The zero-order valence-corrected chi connectivity index (χ0v) is 14.2. The van der Waals surface area contributed by atoms with Gasteiger partial charge in [-0.3, -0.25) is 4.79 Å². The van der Waals surface area contributed by atoms with Gasteiger partial charge in [0.2, 0.25) is 5.91 Å². The molecule has 5 nitrogen and oxygen atoms in total. The number of piperidine rings is 1. The highest BCUT2D eigenvalue weighted by atomic mass is 16.2. The number of amides is 3. The number of benzene rings is 1. The molecule has 2 heterocycles. The third kappa shape index (κ3) is 4.49. The van der Waals surface area contributed by atoms with Crippen LogP contribution in [0.25, 0.3) is 0 Å². The maximum Gasteiger partial charge on any atom is 0.317 e. The van der Waals surface area contributed by atoms with E-state index in [9.17, 15) is 9.59 Å². The van der Waals surface area contributed by atoms with E-state index < -0.39 is 0 Å². The molecule has 0 atom stereocenters. The van der Waals surface area contributed by atoms with Crippen LogP contribution in [0.4, 0.5) is 4.79 Å². The second-order valence-corrected chi connectivity index (χ2v) is 6.87. The van der Waals surface area contributed by atoms with E-state index in [0.29, 0.717) is 24.8 Å². The van der Waals surface area contributed by atoms with Gasteiger partial charge in [0.1, 0.15) is 0 Å². The summed E-state index contributed by atoms with van der Waals surface area (Å²) < 4.78 is 0. The summed E-state index contributed by atoms with van der Waals surface area (Å²) >= 11 is 0. The highest BCUT2D eigenvalue weighted by Crippen LogP contribution is 2.22.